The van der Waals surface area contributed by atoms with Gasteiger partial charge >= 0.3 is 0 Å². The Hall–Kier alpha value is -2.10. The minimum atomic E-state index is 0.615. The molecule has 0 saturated carbocycles. The van der Waals surface area contributed by atoms with Gasteiger partial charge in [0.2, 0.25) is 0 Å². The van der Waals surface area contributed by atoms with Crippen LogP contribution in [-0.4, -0.2) is 30.2 Å². The highest BCUT2D eigenvalue weighted by atomic mass is 16.1. The van der Waals surface area contributed by atoms with Gasteiger partial charge in [0.1, 0.15) is 5.69 Å². The number of rotatable bonds is 4. The molecule has 1 aromatic carbocycles. The molecule has 1 aromatic heterocycles. The number of carbonyl (C=O) groups excluding carboxylic acids is 1. The maximum absolute atomic E-state index is 10.9. The Morgan fingerprint density at radius 1 is 1.28 bits per heavy atom. The van der Waals surface area contributed by atoms with E-state index in [0.717, 1.165) is 23.2 Å². The molecule has 0 aliphatic carbocycles. The summed E-state index contributed by atoms with van der Waals surface area (Å²) in [4.78, 5) is 13.0. The van der Waals surface area contributed by atoms with Crippen LogP contribution in [0.1, 0.15) is 17.4 Å². The van der Waals surface area contributed by atoms with Crippen molar-refractivity contribution in [3.8, 4) is 11.3 Å². The first kappa shape index (κ1) is 12.4. The molecule has 0 N–H and O–H groups in total. The van der Waals surface area contributed by atoms with Crippen molar-refractivity contribution in [2.45, 2.75) is 13.5 Å². The molecule has 4 heteroatoms. The third-order valence-electron chi connectivity index (χ3n) is 2.91. The Morgan fingerprint density at radius 2 is 1.94 bits per heavy atom. The number of aldehydes is 1. The zero-order chi connectivity index (χ0) is 13.1. The lowest BCUT2D eigenvalue weighted by atomic mass is 10.1. The minimum absolute atomic E-state index is 0.615. The van der Waals surface area contributed by atoms with Crippen LogP contribution >= 0.6 is 0 Å². The van der Waals surface area contributed by atoms with Crippen LogP contribution in [0.5, 0.6) is 0 Å². The van der Waals surface area contributed by atoms with Gasteiger partial charge in [-0.2, -0.15) is 5.10 Å². The summed E-state index contributed by atoms with van der Waals surface area (Å²) < 4.78 is 1.71. The number of hydrogen-bond acceptors (Lipinski definition) is 3. The van der Waals surface area contributed by atoms with Crippen molar-refractivity contribution in [2.24, 2.45) is 0 Å². The number of aryl methyl sites for hydroxylation is 1. The highest BCUT2D eigenvalue weighted by molar-refractivity contribution is 5.76. The molecule has 4 nitrogen and oxygen atoms in total. The molecule has 0 amide bonds. The van der Waals surface area contributed by atoms with Crippen LogP contribution in [0, 0.1) is 0 Å². The predicted molar refractivity (Wildman–Crippen MR) is 73.1 cm³/mol. The number of hydrogen-bond donors (Lipinski definition) is 0. The molecule has 0 aliphatic heterocycles. The number of aromatic nitrogens is 2. The second-order valence-corrected chi connectivity index (χ2v) is 4.33. The smallest absolute Gasteiger partial charge is 0.168 e. The monoisotopic (exact) mass is 243 g/mol. The third-order valence-corrected chi connectivity index (χ3v) is 2.91. The first-order chi connectivity index (χ1) is 8.65. The van der Waals surface area contributed by atoms with E-state index in [0.29, 0.717) is 12.2 Å². The van der Waals surface area contributed by atoms with Crippen molar-refractivity contribution >= 4 is 12.0 Å². The van der Waals surface area contributed by atoms with E-state index in [1.54, 1.807) is 4.68 Å². The Bertz CT molecular complexity index is 541. The Labute approximate surface area is 107 Å². The summed E-state index contributed by atoms with van der Waals surface area (Å²) in [5.74, 6) is 0. The van der Waals surface area contributed by atoms with E-state index in [1.807, 2.05) is 56.3 Å². The summed E-state index contributed by atoms with van der Waals surface area (Å²) in [6.45, 7) is 2.67. The Balaban J connectivity index is 2.36. The molecule has 0 saturated heterocycles. The van der Waals surface area contributed by atoms with E-state index in [1.165, 1.54) is 0 Å². The first-order valence-corrected chi connectivity index (χ1v) is 5.96. The van der Waals surface area contributed by atoms with Crippen molar-refractivity contribution in [1.29, 1.82) is 0 Å². The molecule has 2 aromatic rings. The second kappa shape index (κ2) is 5.04. The van der Waals surface area contributed by atoms with E-state index < -0.39 is 0 Å². The number of nitrogens with zero attached hydrogens (tertiary/aromatic N) is 3. The molecule has 0 unspecified atom stereocenters. The largest absolute Gasteiger partial charge is 0.378 e. The van der Waals surface area contributed by atoms with Crippen LogP contribution in [0.15, 0.2) is 30.3 Å². The number of carbonyl (C=O) groups is 1. The topological polar surface area (TPSA) is 38.1 Å². The van der Waals surface area contributed by atoms with E-state index >= 15 is 0 Å². The summed E-state index contributed by atoms with van der Waals surface area (Å²) in [5, 5.41) is 4.42. The van der Waals surface area contributed by atoms with E-state index in [-0.39, 0.29) is 0 Å². The third kappa shape index (κ3) is 2.27. The summed E-state index contributed by atoms with van der Waals surface area (Å²) >= 11 is 0. The molecule has 0 spiro atoms. The van der Waals surface area contributed by atoms with Gasteiger partial charge in [0.15, 0.2) is 6.29 Å². The molecular weight excluding hydrogens is 226 g/mol. The van der Waals surface area contributed by atoms with Gasteiger partial charge in [0, 0.05) is 31.9 Å². The van der Waals surface area contributed by atoms with Crippen LogP contribution in [0.25, 0.3) is 11.3 Å². The van der Waals surface area contributed by atoms with Crippen LogP contribution in [0.2, 0.25) is 0 Å². The quantitative estimate of drug-likeness (QED) is 0.774. The molecule has 1 heterocycles. The van der Waals surface area contributed by atoms with E-state index in [2.05, 4.69) is 5.10 Å². The maximum atomic E-state index is 10.9. The van der Waals surface area contributed by atoms with Crippen molar-refractivity contribution in [3.63, 3.8) is 0 Å². The molecule has 0 atom stereocenters. The van der Waals surface area contributed by atoms with E-state index in [4.69, 9.17) is 0 Å². The van der Waals surface area contributed by atoms with Crippen LogP contribution in [0.3, 0.4) is 0 Å². The highest BCUT2D eigenvalue weighted by Gasteiger charge is 2.07. The lowest BCUT2D eigenvalue weighted by molar-refractivity contribution is 0.111. The van der Waals surface area contributed by atoms with Gasteiger partial charge in [-0.15, -0.1) is 0 Å². The zero-order valence-corrected chi connectivity index (χ0v) is 10.9. The normalized spacial score (nSPS) is 10.4. The Morgan fingerprint density at radius 3 is 2.39 bits per heavy atom. The molecule has 94 valence electrons. The average molecular weight is 243 g/mol. The van der Waals surface area contributed by atoms with E-state index in [9.17, 15) is 4.79 Å². The molecule has 18 heavy (non-hydrogen) atoms. The highest BCUT2D eigenvalue weighted by Crippen LogP contribution is 2.21. The molecular formula is C14H17N3O. The standard InChI is InChI=1S/C14H17N3O/c1-4-17-13(10-18)9-14(15-17)11-5-7-12(8-6-11)16(2)3/h5-10H,4H2,1-3H3. The zero-order valence-electron chi connectivity index (χ0n) is 10.9. The van der Waals surface area contributed by atoms with Crippen molar-refractivity contribution in [2.75, 3.05) is 19.0 Å². The van der Waals surface area contributed by atoms with Gasteiger partial charge in [0.25, 0.3) is 0 Å². The molecule has 0 aliphatic rings. The van der Waals surface area contributed by atoms with Gasteiger partial charge in [0.05, 0.1) is 5.69 Å². The van der Waals surface area contributed by atoms with Crippen molar-refractivity contribution in [3.05, 3.63) is 36.0 Å². The first-order valence-electron chi connectivity index (χ1n) is 5.96. The van der Waals surface area contributed by atoms with Crippen LogP contribution < -0.4 is 4.90 Å². The molecule has 2 rings (SSSR count). The summed E-state index contributed by atoms with van der Waals surface area (Å²) in [6.07, 6.45) is 0.841. The minimum Gasteiger partial charge on any atom is -0.378 e. The van der Waals surface area contributed by atoms with Crippen LogP contribution in [0.4, 0.5) is 5.69 Å². The second-order valence-electron chi connectivity index (χ2n) is 4.33. The molecule has 0 fully saturated rings. The summed E-state index contributed by atoms with van der Waals surface area (Å²) in [7, 11) is 4.01. The lowest BCUT2D eigenvalue weighted by Crippen LogP contribution is -2.07. The predicted octanol–water partition coefficient (Wildman–Crippen LogP) is 2.45. The van der Waals surface area contributed by atoms with Crippen molar-refractivity contribution in [1.82, 2.24) is 9.78 Å². The van der Waals surface area contributed by atoms with Crippen molar-refractivity contribution < 1.29 is 4.79 Å². The van der Waals surface area contributed by atoms with Gasteiger partial charge < -0.3 is 4.90 Å². The fourth-order valence-corrected chi connectivity index (χ4v) is 1.85. The molecule has 0 radical (unpaired) electrons. The fraction of sp³-hybridized carbons (Fsp3) is 0.286. The lowest BCUT2D eigenvalue weighted by Gasteiger charge is -2.12. The van der Waals surface area contributed by atoms with Crippen LogP contribution in [-0.2, 0) is 6.54 Å². The average Bonchev–Trinajstić information content (AvgIpc) is 2.82. The maximum Gasteiger partial charge on any atom is 0.168 e. The number of benzene rings is 1. The molecule has 0 bridgehead atoms. The number of anilines is 1. The van der Waals surface area contributed by atoms with Gasteiger partial charge in [-0.05, 0) is 25.1 Å². The summed E-state index contributed by atoms with van der Waals surface area (Å²) in [6, 6.07) is 9.95. The Kier molecular flexibility index (Phi) is 3.46. The fourth-order valence-electron chi connectivity index (χ4n) is 1.85. The SMILES string of the molecule is CCn1nc(-c2ccc(N(C)C)cc2)cc1C=O. The van der Waals surface area contributed by atoms with Gasteiger partial charge in [-0.3, -0.25) is 9.48 Å². The van der Waals surface area contributed by atoms with Gasteiger partial charge in [-0.25, -0.2) is 0 Å². The van der Waals surface area contributed by atoms with Gasteiger partial charge in [-0.1, -0.05) is 12.1 Å². The summed E-state index contributed by atoms with van der Waals surface area (Å²) in [5.41, 5.74) is 3.62.